The van der Waals surface area contributed by atoms with Gasteiger partial charge in [-0.25, -0.2) is 4.39 Å². The van der Waals surface area contributed by atoms with Crippen molar-refractivity contribution in [2.24, 2.45) is 0 Å². The Labute approximate surface area is 135 Å². The minimum absolute atomic E-state index is 0.146. The van der Waals surface area contributed by atoms with E-state index in [9.17, 15) is 9.18 Å². The number of ether oxygens (including phenoxy) is 1. The Balaban J connectivity index is 2.08. The van der Waals surface area contributed by atoms with Crippen LogP contribution < -0.4 is 5.32 Å². The first kappa shape index (κ1) is 16.1. The molecule has 0 aliphatic heterocycles. The van der Waals surface area contributed by atoms with Gasteiger partial charge in [0.1, 0.15) is 5.82 Å². The van der Waals surface area contributed by atoms with Gasteiger partial charge in [-0.2, -0.15) is 0 Å². The van der Waals surface area contributed by atoms with Gasteiger partial charge in [-0.15, -0.1) is 11.3 Å². The Kier molecular flexibility index (Phi) is 5.90. The van der Waals surface area contributed by atoms with Crippen LogP contribution in [-0.4, -0.2) is 13.1 Å². The number of rotatable bonds is 6. The van der Waals surface area contributed by atoms with E-state index in [1.807, 2.05) is 17.5 Å². The molecule has 1 aromatic heterocycles. The van der Waals surface area contributed by atoms with Crippen LogP contribution in [0.25, 0.3) is 0 Å². The van der Waals surface area contributed by atoms with Crippen LogP contribution in [0.3, 0.4) is 0 Å². The fraction of sp³-hybridized carbons (Fsp3) is 0.267. The molecule has 0 aliphatic carbocycles. The maximum Gasteiger partial charge on any atom is 0.307 e. The lowest BCUT2D eigenvalue weighted by molar-refractivity contribution is -0.141. The summed E-state index contributed by atoms with van der Waals surface area (Å²) in [5.41, 5.74) is 0.807. The predicted molar refractivity (Wildman–Crippen MR) is 84.6 cm³/mol. The highest BCUT2D eigenvalue weighted by atomic mass is 79.9. The molecule has 2 aromatic rings. The van der Waals surface area contributed by atoms with E-state index in [-0.39, 0.29) is 24.2 Å². The number of carbonyl (C=O) groups excluding carboxylic acids is 1. The molecule has 2 rings (SSSR count). The van der Waals surface area contributed by atoms with E-state index >= 15 is 0 Å². The number of halogens is 2. The lowest BCUT2D eigenvalue weighted by Gasteiger charge is -2.17. The number of thiophene rings is 1. The highest BCUT2D eigenvalue weighted by molar-refractivity contribution is 9.10. The number of nitrogens with one attached hydrogen (secondary N) is 1. The zero-order valence-electron chi connectivity index (χ0n) is 11.4. The fourth-order valence-corrected chi connectivity index (χ4v) is 3.11. The van der Waals surface area contributed by atoms with E-state index < -0.39 is 0 Å². The van der Waals surface area contributed by atoms with Gasteiger partial charge < -0.3 is 10.1 Å². The topological polar surface area (TPSA) is 38.3 Å². The van der Waals surface area contributed by atoms with E-state index in [1.165, 1.54) is 19.2 Å². The Morgan fingerprint density at radius 2 is 2.29 bits per heavy atom. The largest absolute Gasteiger partial charge is 0.469 e. The van der Waals surface area contributed by atoms with Gasteiger partial charge in [-0.05, 0) is 35.2 Å². The standard InChI is InChI=1S/C15H15BrFNO2S/c1-20-15(19)8-13(14-3-2-6-21-14)18-9-10-7-11(17)4-5-12(10)16/h2-7,13,18H,8-9H2,1H3. The molecule has 0 saturated heterocycles. The van der Waals surface area contributed by atoms with Crippen LogP contribution in [-0.2, 0) is 16.1 Å². The molecular formula is C15H15BrFNO2S. The van der Waals surface area contributed by atoms with Crippen LogP contribution in [0, 0.1) is 5.82 Å². The summed E-state index contributed by atoms with van der Waals surface area (Å²) < 4.78 is 18.9. The van der Waals surface area contributed by atoms with Gasteiger partial charge in [-0.1, -0.05) is 22.0 Å². The first-order valence-corrected chi connectivity index (χ1v) is 8.05. The van der Waals surface area contributed by atoms with Crippen LogP contribution in [0.4, 0.5) is 4.39 Å². The lowest BCUT2D eigenvalue weighted by atomic mass is 10.1. The zero-order valence-corrected chi connectivity index (χ0v) is 13.8. The molecule has 1 aromatic carbocycles. The van der Waals surface area contributed by atoms with Crippen LogP contribution in [0.2, 0.25) is 0 Å². The van der Waals surface area contributed by atoms with Crippen LogP contribution in [0.1, 0.15) is 22.9 Å². The second kappa shape index (κ2) is 7.68. The Hall–Kier alpha value is -1.24. The van der Waals surface area contributed by atoms with Crippen molar-refractivity contribution in [1.82, 2.24) is 5.32 Å². The SMILES string of the molecule is COC(=O)CC(NCc1cc(F)ccc1Br)c1cccs1. The number of esters is 1. The summed E-state index contributed by atoms with van der Waals surface area (Å²) >= 11 is 4.97. The van der Waals surface area contributed by atoms with Gasteiger partial charge in [0.2, 0.25) is 0 Å². The Bertz CT molecular complexity index is 604. The van der Waals surface area contributed by atoms with Gasteiger partial charge in [0.25, 0.3) is 0 Å². The summed E-state index contributed by atoms with van der Waals surface area (Å²) in [7, 11) is 1.37. The third kappa shape index (κ3) is 4.62. The molecule has 21 heavy (non-hydrogen) atoms. The number of methoxy groups -OCH3 is 1. The molecule has 1 N–H and O–H groups in total. The number of carbonyl (C=O) groups is 1. The highest BCUT2D eigenvalue weighted by Gasteiger charge is 2.17. The second-order valence-corrected chi connectivity index (χ2v) is 6.30. The second-order valence-electron chi connectivity index (χ2n) is 4.46. The average molecular weight is 372 g/mol. The van der Waals surface area contributed by atoms with Crippen LogP contribution >= 0.6 is 27.3 Å². The van der Waals surface area contributed by atoms with Crippen molar-refractivity contribution < 1.29 is 13.9 Å². The molecular weight excluding hydrogens is 357 g/mol. The third-order valence-electron chi connectivity index (χ3n) is 3.03. The van der Waals surface area contributed by atoms with E-state index in [2.05, 4.69) is 21.2 Å². The fourth-order valence-electron chi connectivity index (χ4n) is 1.92. The predicted octanol–water partition coefficient (Wildman–Crippen LogP) is 4.04. The highest BCUT2D eigenvalue weighted by Crippen LogP contribution is 2.24. The number of hydrogen-bond donors (Lipinski definition) is 1. The molecule has 0 saturated carbocycles. The van der Waals surface area contributed by atoms with Crippen molar-refractivity contribution in [2.75, 3.05) is 7.11 Å². The minimum atomic E-state index is -0.282. The maximum absolute atomic E-state index is 13.3. The Morgan fingerprint density at radius 3 is 2.95 bits per heavy atom. The summed E-state index contributed by atoms with van der Waals surface area (Å²) in [6.07, 6.45) is 0.240. The van der Waals surface area contributed by atoms with Crippen molar-refractivity contribution in [2.45, 2.75) is 19.0 Å². The van der Waals surface area contributed by atoms with Crippen LogP contribution in [0.15, 0.2) is 40.2 Å². The molecule has 3 nitrogen and oxygen atoms in total. The molecule has 112 valence electrons. The van der Waals surface area contributed by atoms with Gasteiger partial charge in [0.05, 0.1) is 19.6 Å². The van der Waals surface area contributed by atoms with Crippen molar-refractivity contribution in [3.05, 3.63) is 56.4 Å². The van der Waals surface area contributed by atoms with Gasteiger partial charge in [0.15, 0.2) is 0 Å². The summed E-state index contributed by atoms with van der Waals surface area (Å²) in [6.45, 7) is 0.456. The summed E-state index contributed by atoms with van der Waals surface area (Å²) in [6, 6.07) is 8.30. The van der Waals surface area contributed by atoms with Gasteiger partial charge in [-0.3, -0.25) is 4.79 Å². The molecule has 1 heterocycles. The minimum Gasteiger partial charge on any atom is -0.469 e. The molecule has 0 fully saturated rings. The Morgan fingerprint density at radius 1 is 1.48 bits per heavy atom. The maximum atomic E-state index is 13.3. The number of benzene rings is 1. The van der Waals surface area contributed by atoms with Gasteiger partial charge in [0, 0.05) is 15.9 Å². The van der Waals surface area contributed by atoms with Crippen molar-refractivity contribution >= 4 is 33.2 Å². The van der Waals surface area contributed by atoms with E-state index in [0.29, 0.717) is 6.54 Å². The molecule has 0 amide bonds. The lowest BCUT2D eigenvalue weighted by Crippen LogP contribution is -2.23. The number of hydrogen-bond acceptors (Lipinski definition) is 4. The molecule has 1 atom stereocenters. The monoisotopic (exact) mass is 371 g/mol. The van der Waals surface area contributed by atoms with E-state index in [1.54, 1.807) is 17.4 Å². The van der Waals surface area contributed by atoms with Crippen molar-refractivity contribution in [1.29, 1.82) is 0 Å². The van der Waals surface area contributed by atoms with Crippen molar-refractivity contribution in [3.63, 3.8) is 0 Å². The molecule has 0 spiro atoms. The first-order valence-electron chi connectivity index (χ1n) is 6.37. The molecule has 0 aliphatic rings. The molecule has 1 unspecified atom stereocenters. The van der Waals surface area contributed by atoms with E-state index in [0.717, 1.165) is 14.9 Å². The molecule has 0 radical (unpaired) electrons. The first-order chi connectivity index (χ1) is 10.1. The molecule has 6 heteroatoms. The smallest absolute Gasteiger partial charge is 0.307 e. The summed E-state index contributed by atoms with van der Waals surface area (Å²) in [5, 5.41) is 5.24. The van der Waals surface area contributed by atoms with Gasteiger partial charge >= 0.3 is 5.97 Å². The third-order valence-corrected chi connectivity index (χ3v) is 4.79. The van der Waals surface area contributed by atoms with Crippen molar-refractivity contribution in [3.8, 4) is 0 Å². The quantitative estimate of drug-likeness (QED) is 0.778. The summed E-state index contributed by atoms with van der Waals surface area (Å²) in [5.74, 6) is -0.560. The molecule has 0 bridgehead atoms. The van der Waals surface area contributed by atoms with E-state index in [4.69, 9.17) is 4.74 Å². The normalized spacial score (nSPS) is 12.1. The van der Waals surface area contributed by atoms with Crippen LogP contribution in [0.5, 0.6) is 0 Å². The average Bonchev–Trinajstić information content (AvgIpc) is 3.00. The summed E-state index contributed by atoms with van der Waals surface area (Å²) in [4.78, 5) is 12.6. The zero-order chi connectivity index (χ0) is 15.2.